The Hall–Kier alpha value is -1.45. The quantitative estimate of drug-likeness (QED) is 0.524. The standard InChI is InChI=1S/C17H14ClFOS/c1-3-21-17-14-9-12(18)8-10(2)15(14)20-16(17)11-4-6-13(19)7-5-11/h4-9H,3H2,1-2H3. The minimum absolute atomic E-state index is 0.251. The summed E-state index contributed by atoms with van der Waals surface area (Å²) in [4.78, 5) is 1.06. The van der Waals surface area contributed by atoms with Crippen LogP contribution in [0.4, 0.5) is 4.39 Å². The lowest BCUT2D eigenvalue weighted by Crippen LogP contribution is -1.80. The largest absolute Gasteiger partial charge is 0.455 e. The van der Waals surface area contributed by atoms with Crippen molar-refractivity contribution in [3.8, 4) is 11.3 Å². The number of hydrogen-bond donors (Lipinski definition) is 0. The summed E-state index contributed by atoms with van der Waals surface area (Å²) in [6.45, 7) is 4.07. The molecule has 0 amide bonds. The third-order valence-electron chi connectivity index (χ3n) is 3.29. The highest BCUT2D eigenvalue weighted by Gasteiger charge is 2.18. The normalized spacial score (nSPS) is 11.2. The first-order chi connectivity index (χ1) is 10.1. The van der Waals surface area contributed by atoms with E-state index in [2.05, 4.69) is 6.92 Å². The number of furan rings is 1. The van der Waals surface area contributed by atoms with Crippen LogP contribution >= 0.6 is 23.4 Å². The molecular formula is C17H14ClFOS. The maximum Gasteiger partial charge on any atom is 0.148 e. The van der Waals surface area contributed by atoms with Gasteiger partial charge in [-0.1, -0.05) is 18.5 Å². The van der Waals surface area contributed by atoms with E-state index in [0.29, 0.717) is 5.02 Å². The van der Waals surface area contributed by atoms with Gasteiger partial charge in [-0.25, -0.2) is 4.39 Å². The lowest BCUT2D eigenvalue weighted by Gasteiger charge is -2.01. The summed E-state index contributed by atoms with van der Waals surface area (Å²) in [6.07, 6.45) is 0. The Morgan fingerprint density at radius 3 is 2.57 bits per heavy atom. The topological polar surface area (TPSA) is 13.1 Å². The molecule has 2 aromatic carbocycles. The molecule has 1 heterocycles. The molecule has 0 radical (unpaired) electrons. The molecule has 0 aliphatic heterocycles. The predicted octanol–water partition coefficient (Wildman–Crippen LogP) is 6.31. The second-order valence-corrected chi connectivity index (χ2v) is 6.51. The molecule has 0 aliphatic rings. The molecule has 1 aromatic heterocycles. The van der Waals surface area contributed by atoms with Crippen LogP contribution in [0.5, 0.6) is 0 Å². The Balaban J connectivity index is 2.28. The van der Waals surface area contributed by atoms with Gasteiger partial charge in [-0.15, -0.1) is 11.8 Å². The van der Waals surface area contributed by atoms with Crippen LogP contribution in [-0.4, -0.2) is 5.75 Å². The minimum Gasteiger partial charge on any atom is -0.455 e. The monoisotopic (exact) mass is 320 g/mol. The Morgan fingerprint density at radius 2 is 1.90 bits per heavy atom. The van der Waals surface area contributed by atoms with Gasteiger partial charge >= 0.3 is 0 Å². The van der Waals surface area contributed by atoms with Crippen LogP contribution in [0.2, 0.25) is 5.02 Å². The Morgan fingerprint density at radius 1 is 1.19 bits per heavy atom. The lowest BCUT2D eigenvalue weighted by molar-refractivity contribution is 0.618. The van der Waals surface area contributed by atoms with Gasteiger partial charge in [0.05, 0.1) is 4.90 Å². The van der Waals surface area contributed by atoms with E-state index in [1.807, 2.05) is 19.1 Å². The molecular weight excluding hydrogens is 307 g/mol. The molecule has 0 bridgehead atoms. The van der Waals surface area contributed by atoms with Crippen LogP contribution < -0.4 is 0 Å². The molecule has 0 saturated heterocycles. The van der Waals surface area contributed by atoms with E-state index in [4.69, 9.17) is 16.0 Å². The Kier molecular flexibility index (Phi) is 3.96. The van der Waals surface area contributed by atoms with Gasteiger partial charge in [-0.3, -0.25) is 0 Å². The smallest absolute Gasteiger partial charge is 0.148 e. The zero-order chi connectivity index (χ0) is 15.0. The average molecular weight is 321 g/mol. The van der Waals surface area contributed by atoms with Gasteiger partial charge in [0, 0.05) is 16.0 Å². The highest BCUT2D eigenvalue weighted by atomic mass is 35.5. The van der Waals surface area contributed by atoms with Crippen molar-refractivity contribution < 1.29 is 8.81 Å². The van der Waals surface area contributed by atoms with Gasteiger partial charge in [0.1, 0.15) is 17.2 Å². The van der Waals surface area contributed by atoms with Gasteiger partial charge < -0.3 is 4.42 Å². The number of halogens is 2. The summed E-state index contributed by atoms with van der Waals surface area (Å²) in [7, 11) is 0. The summed E-state index contributed by atoms with van der Waals surface area (Å²) in [5.41, 5.74) is 2.72. The number of thioether (sulfide) groups is 1. The third-order valence-corrected chi connectivity index (χ3v) is 4.49. The first-order valence-electron chi connectivity index (χ1n) is 6.71. The van der Waals surface area contributed by atoms with Crippen molar-refractivity contribution in [3.05, 3.63) is 52.8 Å². The van der Waals surface area contributed by atoms with Crippen molar-refractivity contribution in [2.24, 2.45) is 0 Å². The second kappa shape index (κ2) is 5.74. The molecule has 0 N–H and O–H groups in total. The maximum atomic E-state index is 13.1. The van der Waals surface area contributed by atoms with Crippen LogP contribution in [0.1, 0.15) is 12.5 Å². The Bertz CT molecular complexity index is 793. The van der Waals surface area contributed by atoms with Crippen molar-refractivity contribution in [2.45, 2.75) is 18.7 Å². The molecule has 4 heteroatoms. The highest BCUT2D eigenvalue weighted by molar-refractivity contribution is 7.99. The fourth-order valence-corrected chi connectivity index (χ4v) is 3.54. The maximum absolute atomic E-state index is 13.1. The van der Waals surface area contributed by atoms with E-state index >= 15 is 0 Å². The molecule has 0 fully saturated rings. The molecule has 1 nitrogen and oxygen atoms in total. The van der Waals surface area contributed by atoms with Crippen molar-refractivity contribution in [1.82, 2.24) is 0 Å². The number of fused-ring (bicyclic) bond motifs is 1. The van der Waals surface area contributed by atoms with Gasteiger partial charge in [-0.05, 0) is 54.6 Å². The van der Waals surface area contributed by atoms with Crippen LogP contribution in [0.25, 0.3) is 22.3 Å². The van der Waals surface area contributed by atoms with Crippen LogP contribution in [-0.2, 0) is 0 Å². The number of benzene rings is 2. The molecule has 21 heavy (non-hydrogen) atoms. The molecule has 3 aromatic rings. The fourth-order valence-electron chi connectivity index (χ4n) is 2.38. The molecule has 3 rings (SSSR count). The van der Waals surface area contributed by atoms with Crippen LogP contribution in [0.3, 0.4) is 0 Å². The summed E-state index contributed by atoms with van der Waals surface area (Å²) >= 11 is 7.88. The summed E-state index contributed by atoms with van der Waals surface area (Å²) < 4.78 is 19.2. The highest BCUT2D eigenvalue weighted by Crippen LogP contribution is 2.42. The molecule has 0 aliphatic carbocycles. The van der Waals surface area contributed by atoms with Crippen LogP contribution in [0, 0.1) is 12.7 Å². The third kappa shape index (κ3) is 2.68. The van der Waals surface area contributed by atoms with Crippen molar-refractivity contribution in [1.29, 1.82) is 0 Å². The van der Waals surface area contributed by atoms with E-state index < -0.39 is 0 Å². The van der Waals surface area contributed by atoms with E-state index in [1.54, 1.807) is 23.9 Å². The van der Waals surface area contributed by atoms with Crippen LogP contribution in [0.15, 0.2) is 45.7 Å². The zero-order valence-electron chi connectivity index (χ0n) is 11.7. The number of rotatable bonds is 3. The molecule has 0 unspecified atom stereocenters. The van der Waals surface area contributed by atoms with Crippen molar-refractivity contribution in [2.75, 3.05) is 5.75 Å². The fraction of sp³-hybridized carbons (Fsp3) is 0.176. The molecule has 0 saturated carbocycles. The molecule has 0 spiro atoms. The van der Waals surface area contributed by atoms with Crippen molar-refractivity contribution >= 4 is 34.3 Å². The second-order valence-electron chi connectivity index (χ2n) is 4.80. The average Bonchev–Trinajstić information content (AvgIpc) is 2.80. The van der Waals surface area contributed by atoms with Gasteiger partial charge in [0.15, 0.2) is 0 Å². The Labute approximate surface area is 132 Å². The van der Waals surface area contributed by atoms with Gasteiger partial charge in [0.2, 0.25) is 0 Å². The van der Waals surface area contributed by atoms with Gasteiger partial charge in [-0.2, -0.15) is 0 Å². The molecule has 108 valence electrons. The van der Waals surface area contributed by atoms with E-state index in [-0.39, 0.29) is 5.82 Å². The summed E-state index contributed by atoms with van der Waals surface area (Å²) in [5.74, 6) is 1.45. The minimum atomic E-state index is -0.251. The van der Waals surface area contributed by atoms with E-state index in [0.717, 1.165) is 38.5 Å². The predicted molar refractivity (Wildman–Crippen MR) is 87.8 cm³/mol. The molecule has 0 atom stereocenters. The van der Waals surface area contributed by atoms with E-state index in [1.165, 1.54) is 12.1 Å². The summed E-state index contributed by atoms with van der Waals surface area (Å²) in [6, 6.07) is 10.2. The van der Waals surface area contributed by atoms with E-state index in [9.17, 15) is 4.39 Å². The first-order valence-corrected chi connectivity index (χ1v) is 8.08. The first kappa shape index (κ1) is 14.5. The number of hydrogen-bond acceptors (Lipinski definition) is 2. The SMILES string of the molecule is CCSc1c(-c2ccc(F)cc2)oc2c(C)cc(Cl)cc12. The summed E-state index contributed by atoms with van der Waals surface area (Å²) in [5, 5.41) is 1.72. The number of aryl methyl sites for hydroxylation is 1. The van der Waals surface area contributed by atoms with Gasteiger partial charge in [0.25, 0.3) is 0 Å². The lowest BCUT2D eigenvalue weighted by atomic mass is 10.1. The van der Waals surface area contributed by atoms with Crippen molar-refractivity contribution in [3.63, 3.8) is 0 Å². The zero-order valence-corrected chi connectivity index (χ0v) is 13.3.